The van der Waals surface area contributed by atoms with E-state index in [1.807, 2.05) is 0 Å². The summed E-state index contributed by atoms with van der Waals surface area (Å²) in [6, 6.07) is 0. The molecule has 39 heavy (non-hydrogen) atoms. The molecule has 0 aliphatic heterocycles. The summed E-state index contributed by atoms with van der Waals surface area (Å²) in [5.74, 6) is 0.671. The number of hydrogen-bond donors (Lipinski definition) is 4. The zero-order valence-corrected chi connectivity index (χ0v) is 23.8. The van der Waals surface area contributed by atoms with Gasteiger partial charge in [0.15, 0.2) is 5.82 Å². The lowest BCUT2D eigenvalue weighted by atomic mass is 10.0. The fourth-order valence-corrected chi connectivity index (χ4v) is 4.02. The van der Waals surface area contributed by atoms with Crippen LogP contribution in [0.15, 0.2) is 0 Å². The molecule has 0 fully saturated rings. The van der Waals surface area contributed by atoms with Gasteiger partial charge in [0.05, 0.1) is 39.6 Å². The normalized spacial score (nSPS) is 11.1. The number of unbranched alkanes of at least 4 members (excludes halogenated alkanes) is 12. The number of carbonyl (C=O) groups excluding carboxylic acids is 2. The fourth-order valence-electron chi connectivity index (χ4n) is 4.02. The number of ether oxygens (including phenoxy) is 3. The quantitative estimate of drug-likeness (QED) is 0.109. The number of aliphatic hydroxyl groups excluding tert-OH is 1. The maximum Gasteiger partial charge on any atom is 0.246 e. The number of carbonyl (C=O) groups is 2. The van der Waals surface area contributed by atoms with Gasteiger partial charge in [-0.05, 0) is 12.8 Å². The minimum atomic E-state index is -0.220. The Kier molecular flexibility index (Phi) is 24.5. The number of hydrogen-bond acceptors (Lipinski definition) is 9. The van der Waals surface area contributed by atoms with E-state index in [0.717, 1.165) is 31.5 Å². The van der Waals surface area contributed by atoms with Crippen LogP contribution in [0.25, 0.3) is 0 Å². The Labute approximate surface area is 233 Å². The monoisotopic (exact) mass is 556 g/mol. The maximum absolute atomic E-state index is 11.9. The Morgan fingerprint density at radius 3 is 1.79 bits per heavy atom. The third-order valence-corrected chi connectivity index (χ3v) is 6.17. The number of amides is 2. The van der Waals surface area contributed by atoms with Gasteiger partial charge < -0.3 is 30.0 Å². The van der Waals surface area contributed by atoms with Gasteiger partial charge in [0.1, 0.15) is 6.61 Å². The number of aromatic amines is 1. The predicted octanol–water partition coefficient (Wildman–Crippen LogP) is 2.48. The minimum absolute atomic E-state index is 0.0321. The molecule has 12 nitrogen and oxygen atoms in total. The molecule has 0 aliphatic rings. The van der Waals surface area contributed by atoms with Crippen molar-refractivity contribution < 1.29 is 28.9 Å². The molecule has 0 radical (unpaired) electrons. The van der Waals surface area contributed by atoms with Gasteiger partial charge in [0.2, 0.25) is 11.8 Å². The number of aromatic nitrogens is 4. The second-order valence-electron chi connectivity index (χ2n) is 9.63. The molecule has 12 heteroatoms. The van der Waals surface area contributed by atoms with Crippen LogP contribution in [0.2, 0.25) is 0 Å². The van der Waals surface area contributed by atoms with Crippen molar-refractivity contribution in [3.05, 3.63) is 5.82 Å². The second-order valence-corrected chi connectivity index (χ2v) is 9.63. The summed E-state index contributed by atoms with van der Waals surface area (Å²) in [4.78, 5) is 23.4. The number of aryl methyl sites for hydroxylation is 1. The molecule has 1 aromatic rings. The van der Waals surface area contributed by atoms with E-state index in [-0.39, 0.29) is 31.6 Å². The van der Waals surface area contributed by atoms with E-state index in [0.29, 0.717) is 45.9 Å². The first-order valence-corrected chi connectivity index (χ1v) is 14.8. The molecule has 0 atom stereocenters. The molecule has 2 amide bonds. The summed E-state index contributed by atoms with van der Waals surface area (Å²) in [6.45, 7) is 2.51. The summed E-state index contributed by atoms with van der Waals surface area (Å²) in [5.41, 5.74) is 0. The smallest absolute Gasteiger partial charge is 0.246 e. The van der Waals surface area contributed by atoms with Crippen LogP contribution in [0, 0.1) is 0 Å². The molecule has 4 N–H and O–H groups in total. The number of nitrogens with zero attached hydrogens (tertiary/aromatic N) is 3. The highest BCUT2D eigenvalue weighted by molar-refractivity contribution is 5.77. The maximum atomic E-state index is 11.9. The molecule has 0 aliphatic carbocycles. The summed E-state index contributed by atoms with van der Waals surface area (Å²) in [5, 5.41) is 28.1. The Morgan fingerprint density at radius 1 is 0.667 bits per heavy atom. The Bertz CT molecular complexity index is 680. The molecule has 226 valence electrons. The minimum Gasteiger partial charge on any atom is -0.394 e. The third-order valence-electron chi connectivity index (χ3n) is 6.17. The van der Waals surface area contributed by atoms with Gasteiger partial charge in [0.25, 0.3) is 0 Å². The third kappa shape index (κ3) is 24.6. The molecule has 0 aromatic carbocycles. The van der Waals surface area contributed by atoms with Crippen molar-refractivity contribution in [1.29, 1.82) is 0 Å². The SMILES string of the molecule is O=C(CCCCCCCCCCCCCCCc1nn[nH]n1)NCCOCCOCC(=O)NCCOCCO. The summed E-state index contributed by atoms with van der Waals surface area (Å²) < 4.78 is 15.7. The van der Waals surface area contributed by atoms with E-state index in [1.54, 1.807) is 0 Å². The van der Waals surface area contributed by atoms with Crippen molar-refractivity contribution in [1.82, 2.24) is 31.3 Å². The number of aliphatic hydroxyl groups is 1. The predicted molar refractivity (Wildman–Crippen MR) is 148 cm³/mol. The molecule has 0 unspecified atom stereocenters. The first-order chi connectivity index (χ1) is 19.2. The van der Waals surface area contributed by atoms with Crippen molar-refractivity contribution in [2.24, 2.45) is 0 Å². The van der Waals surface area contributed by atoms with Gasteiger partial charge >= 0.3 is 0 Å². The van der Waals surface area contributed by atoms with Crippen LogP contribution in [0.4, 0.5) is 0 Å². The highest BCUT2D eigenvalue weighted by atomic mass is 16.5. The van der Waals surface area contributed by atoms with Gasteiger partial charge in [-0.15, -0.1) is 10.2 Å². The largest absolute Gasteiger partial charge is 0.394 e. The van der Waals surface area contributed by atoms with Crippen molar-refractivity contribution >= 4 is 11.8 Å². The van der Waals surface area contributed by atoms with E-state index in [9.17, 15) is 9.59 Å². The zero-order chi connectivity index (χ0) is 28.1. The average molecular weight is 557 g/mol. The van der Waals surface area contributed by atoms with Crippen molar-refractivity contribution in [3.63, 3.8) is 0 Å². The molecular formula is C27H52N6O6. The van der Waals surface area contributed by atoms with Crippen LogP contribution in [0.3, 0.4) is 0 Å². The topological polar surface area (TPSA) is 161 Å². The highest BCUT2D eigenvalue weighted by Gasteiger charge is 2.03. The second kappa shape index (κ2) is 27.4. The standard InChI is InChI=1S/C27H52N6O6/c34-18-21-37-19-17-29-27(36)24-39-23-22-38-20-16-28-26(35)15-13-11-9-7-5-3-1-2-4-6-8-10-12-14-25-30-32-33-31-25/h34H,1-24H2,(H,28,35)(H,29,36)(H,30,31,32,33). The summed E-state index contributed by atoms with van der Waals surface area (Å²) >= 11 is 0. The van der Waals surface area contributed by atoms with Gasteiger partial charge in [-0.2, -0.15) is 5.21 Å². The van der Waals surface area contributed by atoms with Crippen LogP contribution in [0.1, 0.15) is 95.7 Å². The summed E-state index contributed by atoms with van der Waals surface area (Å²) in [7, 11) is 0. The van der Waals surface area contributed by atoms with Crippen molar-refractivity contribution in [2.45, 2.75) is 96.3 Å². The summed E-state index contributed by atoms with van der Waals surface area (Å²) in [6.07, 6.45) is 17.6. The van der Waals surface area contributed by atoms with Gasteiger partial charge in [-0.3, -0.25) is 9.59 Å². The zero-order valence-electron chi connectivity index (χ0n) is 23.8. The highest BCUT2D eigenvalue weighted by Crippen LogP contribution is 2.13. The lowest BCUT2D eigenvalue weighted by molar-refractivity contribution is -0.126. The molecule has 0 saturated heterocycles. The Balaban J connectivity index is 1.71. The van der Waals surface area contributed by atoms with Crippen molar-refractivity contribution in [3.8, 4) is 0 Å². The number of rotatable bonds is 29. The van der Waals surface area contributed by atoms with Crippen LogP contribution < -0.4 is 10.6 Å². The molecule has 0 spiro atoms. The molecular weight excluding hydrogens is 504 g/mol. The number of nitrogens with one attached hydrogen (secondary N) is 3. The lowest BCUT2D eigenvalue weighted by Crippen LogP contribution is -2.31. The van der Waals surface area contributed by atoms with Crippen LogP contribution in [-0.4, -0.2) is 96.9 Å². The molecule has 0 bridgehead atoms. The van der Waals surface area contributed by atoms with E-state index in [1.165, 1.54) is 64.2 Å². The molecule has 1 heterocycles. The number of H-pyrrole nitrogens is 1. The van der Waals surface area contributed by atoms with Crippen molar-refractivity contribution in [2.75, 3.05) is 59.3 Å². The van der Waals surface area contributed by atoms with Gasteiger partial charge in [-0.25, -0.2) is 0 Å². The van der Waals surface area contributed by atoms with Crippen LogP contribution in [-0.2, 0) is 30.2 Å². The van der Waals surface area contributed by atoms with Crippen LogP contribution in [0.5, 0.6) is 0 Å². The molecule has 1 rings (SSSR count). The van der Waals surface area contributed by atoms with E-state index in [4.69, 9.17) is 19.3 Å². The van der Waals surface area contributed by atoms with E-state index in [2.05, 4.69) is 31.3 Å². The first-order valence-electron chi connectivity index (χ1n) is 14.8. The number of tetrazole rings is 1. The Morgan fingerprint density at radius 2 is 1.21 bits per heavy atom. The molecule has 1 aromatic heterocycles. The molecule has 0 saturated carbocycles. The lowest BCUT2D eigenvalue weighted by Gasteiger charge is -2.08. The van der Waals surface area contributed by atoms with E-state index >= 15 is 0 Å². The van der Waals surface area contributed by atoms with Gasteiger partial charge in [-0.1, -0.05) is 75.8 Å². The Hall–Kier alpha value is -2.15. The van der Waals surface area contributed by atoms with Gasteiger partial charge in [0, 0.05) is 25.9 Å². The first kappa shape index (κ1) is 34.9. The van der Waals surface area contributed by atoms with E-state index < -0.39 is 0 Å². The fraction of sp³-hybridized carbons (Fsp3) is 0.889. The van der Waals surface area contributed by atoms with Crippen LogP contribution >= 0.6 is 0 Å². The average Bonchev–Trinajstić information content (AvgIpc) is 3.46.